The lowest BCUT2D eigenvalue weighted by atomic mass is 10.2. The van der Waals surface area contributed by atoms with E-state index in [9.17, 15) is 4.79 Å². The van der Waals surface area contributed by atoms with E-state index >= 15 is 0 Å². The van der Waals surface area contributed by atoms with E-state index in [4.69, 9.17) is 10.5 Å². The SMILES string of the molecule is CN(C)CCOc1ccccc1N1CCN(C(=O)CCCN)CC1.Cl.Cl.Cl. The third-order valence-electron chi connectivity index (χ3n) is 4.23. The molecule has 0 unspecified atom stereocenters. The third-order valence-corrected chi connectivity index (χ3v) is 4.23. The fourth-order valence-electron chi connectivity index (χ4n) is 2.79. The Morgan fingerprint density at radius 2 is 1.74 bits per heavy atom. The molecule has 0 saturated carbocycles. The lowest BCUT2D eigenvalue weighted by Gasteiger charge is -2.36. The molecule has 1 aromatic rings. The number of likely N-dealkylation sites (N-methyl/N-ethyl adjacent to an activating group) is 1. The van der Waals surface area contributed by atoms with Crippen molar-refractivity contribution in [3.63, 3.8) is 0 Å². The van der Waals surface area contributed by atoms with Crippen LogP contribution in [0.3, 0.4) is 0 Å². The second-order valence-corrected chi connectivity index (χ2v) is 6.38. The van der Waals surface area contributed by atoms with Crippen molar-refractivity contribution in [2.24, 2.45) is 5.73 Å². The summed E-state index contributed by atoms with van der Waals surface area (Å²) in [6.07, 6.45) is 1.32. The number of nitrogens with zero attached hydrogens (tertiary/aromatic N) is 3. The number of piperazine rings is 1. The Labute approximate surface area is 181 Å². The highest BCUT2D eigenvalue weighted by atomic mass is 35.5. The third kappa shape index (κ3) is 9.21. The van der Waals surface area contributed by atoms with Crippen LogP contribution < -0.4 is 15.4 Å². The predicted octanol–water partition coefficient (Wildman–Crippen LogP) is 2.28. The fourth-order valence-corrected chi connectivity index (χ4v) is 2.79. The molecule has 0 radical (unpaired) electrons. The van der Waals surface area contributed by atoms with Gasteiger partial charge in [-0.2, -0.15) is 0 Å². The van der Waals surface area contributed by atoms with Crippen LogP contribution in [0.4, 0.5) is 5.69 Å². The minimum absolute atomic E-state index is 0. The second-order valence-electron chi connectivity index (χ2n) is 6.38. The summed E-state index contributed by atoms with van der Waals surface area (Å²) in [6.45, 7) is 5.32. The molecule has 9 heteroatoms. The van der Waals surface area contributed by atoms with Crippen LogP contribution in [-0.2, 0) is 4.79 Å². The molecule has 1 fully saturated rings. The maximum Gasteiger partial charge on any atom is 0.222 e. The molecule has 0 aliphatic carbocycles. The number of rotatable bonds is 8. The molecule has 2 N–H and O–H groups in total. The number of hydrogen-bond acceptors (Lipinski definition) is 5. The Balaban J connectivity index is 0. The minimum Gasteiger partial charge on any atom is -0.490 e. The van der Waals surface area contributed by atoms with Crippen molar-refractivity contribution in [1.29, 1.82) is 0 Å². The fraction of sp³-hybridized carbons (Fsp3) is 0.611. The quantitative estimate of drug-likeness (QED) is 0.668. The normalized spacial score (nSPS) is 13.3. The van der Waals surface area contributed by atoms with E-state index in [-0.39, 0.29) is 43.1 Å². The van der Waals surface area contributed by atoms with Crippen molar-refractivity contribution >= 4 is 48.8 Å². The summed E-state index contributed by atoms with van der Waals surface area (Å²) in [4.78, 5) is 18.4. The van der Waals surface area contributed by atoms with Crippen LogP contribution in [0.1, 0.15) is 12.8 Å². The van der Waals surface area contributed by atoms with Gasteiger partial charge in [-0.25, -0.2) is 0 Å². The number of carbonyl (C=O) groups excluding carboxylic acids is 1. The van der Waals surface area contributed by atoms with Gasteiger partial charge in [0.05, 0.1) is 5.69 Å². The van der Waals surface area contributed by atoms with Crippen LogP contribution in [-0.4, -0.2) is 75.7 Å². The summed E-state index contributed by atoms with van der Waals surface area (Å²) < 4.78 is 5.95. The zero-order valence-corrected chi connectivity index (χ0v) is 18.6. The van der Waals surface area contributed by atoms with Crippen molar-refractivity contribution in [3.8, 4) is 5.75 Å². The van der Waals surface area contributed by atoms with Crippen molar-refractivity contribution in [3.05, 3.63) is 24.3 Å². The van der Waals surface area contributed by atoms with Crippen LogP contribution in [0, 0.1) is 0 Å². The van der Waals surface area contributed by atoms with E-state index in [0.29, 0.717) is 19.6 Å². The molecule has 1 saturated heterocycles. The molecule has 1 heterocycles. The van der Waals surface area contributed by atoms with Crippen LogP contribution in [0.15, 0.2) is 24.3 Å². The summed E-state index contributed by atoms with van der Waals surface area (Å²) in [5, 5.41) is 0. The minimum atomic E-state index is 0. The Morgan fingerprint density at radius 3 is 2.33 bits per heavy atom. The van der Waals surface area contributed by atoms with Crippen LogP contribution >= 0.6 is 37.2 Å². The number of halogens is 3. The number of nitrogens with two attached hydrogens (primary N) is 1. The van der Waals surface area contributed by atoms with Crippen LogP contribution in [0.2, 0.25) is 0 Å². The van der Waals surface area contributed by atoms with Gasteiger partial charge in [-0.3, -0.25) is 4.79 Å². The van der Waals surface area contributed by atoms with Crippen molar-refractivity contribution in [2.45, 2.75) is 12.8 Å². The number of anilines is 1. The first-order chi connectivity index (χ1) is 11.6. The Morgan fingerprint density at radius 1 is 1.11 bits per heavy atom. The standard InChI is InChI=1S/C18H30N4O2.3ClH/c1-20(2)14-15-24-17-7-4-3-6-16(17)21-10-12-22(13-11-21)18(23)8-5-9-19;;;/h3-4,6-7H,5,8-15,19H2,1-2H3;3*1H. The van der Waals surface area contributed by atoms with Gasteiger partial charge in [0, 0.05) is 39.1 Å². The average Bonchev–Trinajstić information content (AvgIpc) is 2.60. The van der Waals surface area contributed by atoms with E-state index in [1.54, 1.807) is 0 Å². The summed E-state index contributed by atoms with van der Waals surface area (Å²) in [5.41, 5.74) is 6.60. The Hall–Kier alpha value is -0.920. The van der Waals surface area contributed by atoms with E-state index in [2.05, 4.69) is 15.9 Å². The summed E-state index contributed by atoms with van der Waals surface area (Å²) in [7, 11) is 4.08. The molecular formula is C18H33Cl3N4O2. The monoisotopic (exact) mass is 442 g/mol. The van der Waals surface area contributed by atoms with Gasteiger partial charge in [0.1, 0.15) is 12.4 Å². The number of benzene rings is 1. The van der Waals surface area contributed by atoms with Gasteiger partial charge in [0.15, 0.2) is 0 Å². The zero-order valence-electron chi connectivity index (χ0n) is 16.1. The Kier molecular flexibility index (Phi) is 15.8. The number of ether oxygens (including phenoxy) is 1. The van der Waals surface area contributed by atoms with Gasteiger partial charge in [-0.1, -0.05) is 12.1 Å². The first-order valence-corrected chi connectivity index (χ1v) is 8.71. The molecule has 0 bridgehead atoms. The molecule has 0 spiro atoms. The average molecular weight is 444 g/mol. The molecule has 1 aromatic carbocycles. The lowest BCUT2D eigenvalue weighted by molar-refractivity contribution is -0.131. The number of hydrogen-bond donors (Lipinski definition) is 1. The van der Waals surface area contributed by atoms with Gasteiger partial charge in [-0.15, -0.1) is 37.2 Å². The molecule has 6 nitrogen and oxygen atoms in total. The summed E-state index contributed by atoms with van der Waals surface area (Å²) in [6, 6.07) is 8.15. The van der Waals surface area contributed by atoms with Crippen molar-refractivity contribution in [1.82, 2.24) is 9.80 Å². The maximum absolute atomic E-state index is 12.1. The molecule has 1 aliphatic heterocycles. The first-order valence-electron chi connectivity index (χ1n) is 8.71. The Bertz CT molecular complexity index is 527. The molecule has 27 heavy (non-hydrogen) atoms. The molecule has 1 amide bonds. The molecule has 158 valence electrons. The second kappa shape index (κ2) is 15.1. The molecular weight excluding hydrogens is 411 g/mol. The molecule has 1 aliphatic rings. The maximum atomic E-state index is 12.1. The van der Waals surface area contributed by atoms with Gasteiger partial charge >= 0.3 is 0 Å². The highest BCUT2D eigenvalue weighted by Crippen LogP contribution is 2.28. The summed E-state index contributed by atoms with van der Waals surface area (Å²) >= 11 is 0. The first kappa shape index (κ1) is 28.3. The molecule has 2 rings (SSSR count). The highest BCUT2D eigenvalue weighted by Gasteiger charge is 2.22. The van der Waals surface area contributed by atoms with E-state index in [1.807, 2.05) is 37.2 Å². The lowest BCUT2D eigenvalue weighted by Crippen LogP contribution is -2.48. The van der Waals surface area contributed by atoms with Gasteiger partial charge in [0.25, 0.3) is 0 Å². The molecule has 0 aromatic heterocycles. The largest absolute Gasteiger partial charge is 0.490 e. The number of carbonyl (C=O) groups is 1. The van der Waals surface area contributed by atoms with Crippen LogP contribution in [0.5, 0.6) is 5.75 Å². The van der Waals surface area contributed by atoms with Gasteiger partial charge < -0.3 is 25.2 Å². The summed E-state index contributed by atoms with van der Waals surface area (Å²) in [5.74, 6) is 1.14. The topological polar surface area (TPSA) is 62.0 Å². The van der Waals surface area contributed by atoms with Gasteiger partial charge in [-0.05, 0) is 39.2 Å². The van der Waals surface area contributed by atoms with E-state index in [0.717, 1.165) is 50.6 Å². The van der Waals surface area contributed by atoms with Crippen molar-refractivity contribution < 1.29 is 9.53 Å². The van der Waals surface area contributed by atoms with E-state index < -0.39 is 0 Å². The smallest absolute Gasteiger partial charge is 0.222 e. The van der Waals surface area contributed by atoms with E-state index in [1.165, 1.54) is 0 Å². The highest BCUT2D eigenvalue weighted by molar-refractivity contribution is 5.86. The number of para-hydroxylation sites is 2. The van der Waals surface area contributed by atoms with Gasteiger partial charge in [0.2, 0.25) is 5.91 Å². The zero-order chi connectivity index (χ0) is 17.4. The number of amides is 1. The predicted molar refractivity (Wildman–Crippen MR) is 119 cm³/mol. The molecule has 0 atom stereocenters. The van der Waals surface area contributed by atoms with Crippen molar-refractivity contribution in [2.75, 3.05) is 64.9 Å². The van der Waals surface area contributed by atoms with Crippen LogP contribution in [0.25, 0.3) is 0 Å².